The number of hydrogen-bond donors (Lipinski definition) is 2. The van der Waals surface area contributed by atoms with Gasteiger partial charge in [-0.3, -0.25) is 4.99 Å². The van der Waals surface area contributed by atoms with E-state index in [1.807, 2.05) is 0 Å². The zero-order valence-electron chi connectivity index (χ0n) is 9.71. The molecule has 0 radical (unpaired) electrons. The first-order chi connectivity index (χ1) is 7.29. The van der Waals surface area contributed by atoms with Crippen molar-refractivity contribution in [2.24, 2.45) is 22.6 Å². The molecule has 3 heteroatoms. The molecule has 2 aliphatic carbocycles. The molecule has 2 fully saturated rings. The predicted molar refractivity (Wildman–Crippen MR) is 63.8 cm³/mol. The highest BCUT2D eigenvalue weighted by Crippen LogP contribution is 2.34. The summed E-state index contributed by atoms with van der Waals surface area (Å²) in [5, 5.41) is 3.32. The molecular weight excluding hydrogens is 186 g/mol. The van der Waals surface area contributed by atoms with E-state index in [0.29, 0.717) is 12.0 Å². The first kappa shape index (κ1) is 10.8. The van der Waals surface area contributed by atoms with Gasteiger partial charge in [0, 0.05) is 12.6 Å². The quantitative estimate of drug-likeness (QED) is 0.536. The molecule has 0 aromatic heterocycles. The molecule has 0 heterocycles. The van der Waals surface area contributed by atoms with Crippen molar-refractivity contribution in [3.8, 4) is 0 Å². The number of nitrogens with one attached hydrogen (secondary N) is 1. The van der Waals surface area contributed by atoms with Crippen molar-refractivity contribution in [1.82, 2.24) is 5.32 Å². The van der Waals surface area contributed by atoms with Gasteiger partial charge in [0.25, 0.3) is 0 Å². The SMILES string of the molecule is CCCC1CC1NC(N)=NCC1CCC1. The van der Waals surface area contributed by atoms with Crippen LogP contribution in [0.2, 0.25) is 0 Å². The molecule has 0 aliphatic heterocycles. The Kier molecular flexibility index (Phi) is 3.49. The van der Waals surface area contributed by atoms with E-state index >= 15 is 0 Å². The highest BCUT2D eigenvalue weighted by atomic mass is 15.1. The van der Waals surface area contributed by atoms with Gasteiger partial charge in [-0.1, -0.05) is 19.8 Å². The van der Waals surface area contributed by atoms with Crippen LogP contribution in [0.25, 0.3) is 0 Å². The summed E-state index contributed by atoms with van der Waals surface area (Å²) < 4.78 is 0. The highest BCUT2D eigenvalue weighted by Gasteiger charge is 2.36. The van der Waals surface area contributed by atoms with Crippen molar-refractivity contribution in [1.29, 1.82) is 0 Å². The average molecular weight is 209 g/mol. The van der Waals surface area contributed by atoms with E-state index in [2.05, 4.69) is 17.2 Å². The minimum absolute atomic E-state index is 0.620. The molecule has 15 heavy (non-hydrogen) atoms. The number of aliphatic imine (C=N–C) groups is 1. The van der Waals surface area contributed by atoms with E-state index < -0.39 is 0 Å². The van der Waals surface area contributed by atoms with E-state index in [-0.39, 0.29) is 0 Å². The number of hydrogen-bond acceptors (Lipinski definition) is 1. The van der Waals surface area contributed by atoms with Gasteiger partial charge in [-0.25, -0.2) is 0 Å². The van der Waals surface area contributed by atoms with E-state index in [9.17, 15) is 0 Å². The van der Waals surface area contributed by atoms with Crippen LogP contribution in [0, 0.1) is 11.8 Å². The first-order valence-corrected chi connectivity index (χ1v) is 6.36. The molecule has 0 spiro atoms. The molecule has 2 atom stereocenters. The van der Waals surface area contributed by atoms with Crippen LogP contribution in [0.5, 0.6) is 0 Å². The largest absolute Gasteiger partial charge is 0.370 e. The fraction of sp³-hybridized carbons (Fsp3) is 0.917. The zero-order valence-corrected chi connectivity index (χ0v) is 9.71. The van der Waals surface area contributed by atoms with E-state index in [4.69, 9.17) is 5.73 Å². The van der Waals surface area contributed by atoms with Gasteiger partial charge >= 0.3 is 0 Å². The summed E-state index contributed by atoms with van der Waals surface area (Å²) in [4.78, 5) is 4.40. The lowest BCUT2D eigenvalue weighted by Gasteiger charge is -2.23. The Balaban J connectivity index is 1.61. The second kappa shape index (κ2) is 4.86. The van der Waals surface area contributed by atoms with Crippen LogP contribution in [0.4, 0.5) is 0 Å². The number of nitrogens with two attached hydrogens (primary N) is 1. The van der Waals surface area contributed by atoms with Gasteiger partial charge in [-0.2, -0.15) is 0 Å². The molecular formula is C12H23N3. The smallest absolute Gasteiger partial charge is 0.188 e. The van der Waals surface area contributed by atoms with Crippen LogP contribution in [-0.2, 0) is 0 Å². The number of nitrogens with zero attached hydrogens (tertiary/aromatic N) is 1. The Morgan fingerprint density at radius 2 is 2.27 bits per heavy atom. The van der Waals surface area contributed by atoms with E-state index in [1.165, 1.54) is 38.5 Å². The molecule has 0 amide bonds. The lowest BCUT2D eigenvalue weighted by Crippen LogP contribution is -2.35. The summed E-state index contributed by atoms with van der Waals surface area (Å²) in [7, 11) is 0. The fourth-order valence-corrected chi connectivity index (χ4v) is 2.25. The molecule has 3 nitrogen and oxygen atoms in total. The summed E-state index contributed by atoms with van der Waals surface area (Å²) in [6.07, 6.45) is 7.97. The maximum atomic E-state index is 5.84. The normalized spacial score (nSPS) is 31.1. The van der Waals surface area contributed by atoms with Gasteiger partial charge in [-0.15, -0.1) is 0 Å². The van der Waals surface area contributed by atoms with Crippen LogP contribution in [-0.4, -0.2) is 18.5 Å². The standard InChI is InChI=1S/C12H23N3/c1-2-4-10-7-11(10)15-12(13)14-8-9-5-3-6-9/h9-11H,2-8H2,1H3,(H3,13,14,15). The van der Waals surface area contributed by atoms with E-state index in [1.54, 1.807) is 0 Å². The van der Waals surface area contributed by atoms with Gasteiger partial charge in [0.1, 0.15) is 0 Å². The van der Waals surface area contributed by atoms with Crippen molar-refractivity contribution in [3.63, 3.8) is 0 Å². The van der Waals surface area contributed by atoms with Gasteiger partial charge < -0.3 is 11.1 Å². The summed E-state index contributed by atoms with van der Waals surface area (Å²) in [6.45, 7) is 3.17. The molecule has 2 saturated carbocycles. The molecule has 0 aromatic carbocycles. The third-order valence-corrected chi connectivity index (χ3v) is 3.66. The number of rotatable bonds is 5. The summed E-state index contributed by atoms with van der Waals surface area (Å²) in [5.41, 5.74) is 5.84. The molecule has 2 aliphatic rings. The highest BCUT2D eigenvalue weighted by molar-refractivity contribution is 5.78. The third-order valence-electron chi connectivity index (χ3n) is 3.66. The van der Waals surface area contributed by atoms with Crippen LogP contribution < -0.4 is 11.1 Å². The lowest BCUT2D eigenvalue weighted by atomic mass is 9.86. The monoisotopic (exact) mass is 209 g/mol. The molecule has 0 bridgehead atoms. The van der Waals surface area contributed by atoms with Crippen molar-refractivity contribution >= 4 is 5.96 Å². The van der Waals surface area contributed by atoms with Crippen molar-refractivity contribution in [3.05, 3.63) is 0 Å². The van der Waals surface area contributed by atoms with E-state index in [0.717, 1.165) is 18.4 Å². The zero-order chi connectivity index (χ0) is 10.7. The Labute approximate surface area is 92.5 Å². The first-order valence-electron chi connectivity index (χ1n) is 6.36. The molecule has 0 aromatic rings. The van der Waals surface area contributed by atoms with Crippen LogP contribution in [0.15, 0.2) is 4.99 Å². The Bertz CT molecular complexity index is 233. The van der Waals surface area contributed by atoms with Crippen LogP contribution >= 0.6 is 0 Å². The van der Waals surface area contributed by atoms with Gasteiger partial charge in [0.2, 0.25) is 0 Å². The van der Waals surface area contributed by atoms with Crippen molar-refractivity contribution in [2.75, 3.05) is 6.54 Å². The lowest BCUT2D eigenvalue weighted by molar-refractivity contribution is 0.326. The summed E-state index contributed by atoms with van der Waals surface area (Å²) >= 11 is 0. The van der Waals surface area contributed by atoms with Crippen molar-refractivity contribution < 1.29 is 0 Å². The number of guanidine groups is 1. The second-order valence-corrected chi connectivity index (χ2v) is 5.06. The maximum Gasteiger partial charge on any atom is 0.188 e. The van der Waals surface area contributed by atoms with Gasteiger partial charge in [0.05, 0.1) is 0 Å². The van der Waals surface area contributed by atoms with Crippen molar-refractivity contribution in [2.45, 2.75) is 51.5 Å². The Morgan fingerprint density at radius 3 is 2.87 bits per heavy atom. The van der Waals surface area contributed by atoms with Gasteiger partial charge in [0.15, 0.2) is 5.96 Å². The predicted octanol–water partition coefficient (Wildman–Crippen LogP) is 1.88. The maximum absolute atomic E-state index is 5.84. The minimum Gasteiger partial charge on any atom is -0.370 e. The molecule has 2 unspecified atom stereocenters. The molecule has 0 saturated heterocycles. The third kappa shape index (κ3) is 3.11. The summed E-state index contributed by atoms with van der Waals surface area (Å²) in [5.74, 6) is 2.34. The minimum atomic E-state index is 0.620. The fourth-order valence-electron chi connectivity index (χ4n) is 2.25. The van der Waals surface area contributed by atoms with Crippen LogP contribution in [0.1, 0.15) is 45.4 Å². The van der Waals surface area contributed by atoms with Crippen LogP contribution in [0.3, 0.4) is 0 Å². The average Bonchev–Trinajstić information content (AvgIpc) is 2.81. The summed E-state index contributed by atoms with van der Waals surface area (Å²) in [6, 6.07) is 0.620. The molecule has 86 valence electrons. The molecule has 2 rings (SSSR count). The second-order valence-electron chi connectivity index (χ2n) is 5.06. The Hall–Kier alpha value is -0.730. The Morgan fingerprint density at radius 1 is 1.47 bits per heavy atom. The van der Waals surface area contributed by atoms with Gasteiger partial charge in [-0.05, 0) is 37.5 Å². The molecule has 3 N–H and O–H groups in total. The topological polar surface area (TPSA) is 50.4 Å².